The molecule has 190 valence electrons. The average molecular weight is 483 g/mol. The predicted octanol–water partition coefficient (Wildman–Crippen LogP) is 2.92. The number of benzene rings is 1. The number of rotatable bonds is 3. The lowest BCUT2D eigenvalue weighted by molar-refractivity contribution is -0.125. The van der Waals surface area contributed by atoms with Gasteiger partial charge in [-0.05, 0) is 96.4 Å². The summed E-state index contributed by atoms with van der Waals surface area (Å²) in [5.41, 5.74) is 1.97. The third-order valence-corrected chi connectivity index (χ3v) is 9.84. The normalized spacial score (nSPS) is 32.2. The molecule has 1 aromatic carbocycles. The Hall–Kier alpha value is -1.48. The van der Waals surface area contributed by atoms with Crippen LogP contribution in [0.2, 0.25) is 0 Å². The van der Waals surface area contributed by atoms with Gasteiger partial charge in [-0.3, -0.25) is 4.79 Å². The molecule has 4 heterocycles. The van der Waals surface area contributed by atoms with Crippen molar-refractivity contribution in [3.8, 4) is 0 Å². The lowest BCUT2D eigenvalue weighted by atomic mass is 9.72. The van der Waals surface area contributed by atoms with Gasteiger partial charge < -0.3 is 24.4 Å². The van der Waals surface area contributed by atoms with E-state index < -0.39 is 29.9 Å². The smallest absolute Gasteiger partial charge is 0.399 e. The van der Waals surface area contributed by atoms with Crippen molar-refractivity contribution in [2.45, 2.75) is 101 Å². The Morgan fingerprint density at radius 2 is 1.63 bits per heavy atom. The highest BCUT2D eigenvalue weighted by Crippen LogP contribution is 2.50. The summed E-state index contributed by atoms with van der Waals surface area (Å²) in [5.74, 6) is 0.269. The van der Waals surface area contributed by atoms with E-state index in [1.807, 2.05) is 0 Å². The van der Waals surface area contributed by atoms with Gasteiger partial charge >= 0.3 is 7.12 Å². The lowest BCUT2D eigenvalue weighted by Crippen LogP contribution is -2.58. The second-order valence-corrected chi connectivity index (χ2v) is 12.4. The van der Waals surface area contributed by atoms with E-state index in [1.54, 1.807) is 0 Å². The number of nitrogens with one attached hydrogen (secondary N) is 1. The Labute approximate surface area is 209 Å². The van der Waals surface area contributed by atoms with Crippen LogP contribution in [0.4, 0.5) is 10.1 Å². The first kappa shape index (κ1) is 23.9. The van der Waals surface area contributed by atoms with Gasteiger partial charge in [0, 0.05) is 30.9 Å². The van der Waals surface area contributed by atoms with Crippen molar-refractivity contribution in [2.24, 2.45) is 0 Å². The summed E-state index contributed by atoms with van der Waals surface area (Å²) < 4.78 is 26.3. The van der Waals surface area contributed by atoms with Gasteiger partial charge in [0.2, 0.25) is 5.91 Å². The van der Waals surface area contributed by atoms with Crippen LogP contribution in [0.15, 0.2) is 18.2 Å². The van der Waals surface area contributed by atoms with Crippen LogP contribution in [0, 0.1) is 0 Å². The van der Waals surface area contributed by atoms with Gasteiger partial charge in [0.1, 0.15) is 6.17 Å². The van der Waals surface area contributed by atoms with Crippen molar-refractivity contribution < 1.29 is 18.5 Å². The molecule has 6 nitrogen and oxygen atoms in total. The fraction of sp³-hybridized carbons (Fsp3) is 0.741. The zero-order valence-corrected chi connectivity index (χ0v) is 21.6. The average Bonchev–Trinajstić information content (AvgIpc) is 3.15. The van der Waals surface area contributed by atoms with Crippen LogP contribution >= 0.6 is 0 Å². The number of carbonyl (C=O) groups excluding carboxylic acids is 1. The van der Waals surface area contributed by atoms with Crippen LogP contribution in [0.5, 0.6) is 0 Å². The number of piperidine rings is 2. The first-order valence-electron chi connectivity index (χ1n) is 13.5. The van der Waals surface area contributed by atoms with Gasteiger partial charge in [-0.2, -0.15) is 0 Å². The zero-order chi connectivity index (χ0) is 24.6. The Bertz CT molecular complexity index is 981. The number of amides is 1. The Kier molecular flexibility index (Phi) is 5.65. The molecule has 0 unspecified atom stereocenters. The number of alkyl halides is 1. The molecule has 6 rings (SSSR count). The summed E-state index contributed by atoms with van der Waals surface area (Å²) in [6, 6.07) is 7.10. The molecule has 8 heteroatoms. The Morgan fingerprint density at radius 1 is 1.00 bits per heavy atom. The Balaban J connectivity index is 1.29. The molecule has 1 aliphatic carbocycles. The van der Waals surface area contributed by atoms with Gasteiger partial charge in [0.05, 0.1) is 16.6 Å². The molecule has 3 saturated heterocycles. The third-order valence-electron chi connectivity index (χ3n) is 9.84. The highest BCUT2D eigenvalue weighted by molar-refractivity contribution is 6.62. The van der Waals surface area contributed by atoms with Gasteiger partial charge in [-0.15, -0.1) is 0 Å². The first-order valence-corrected chi connectivity index (χ1v) is 13.5. The summed E-state index contributed by atoms with van der Waals surface area (Å²) in [7, 11) is -0.442. The van der Waals surface area contributed by atoms with Crippen LogP contribution in [-0.4, -0.2) is 73.6 Å². The van der Waals surface area contributed by atoms with Crippen molar-refractivity contribution in [1.29, 1.82) is 0 Å². The molecule has 1 aromatic rings. The van der Waals surface area contributed by atoms with Crippen molar-refractivity contribution >= 4 is 24.2 Å². The maximum Gasteiger partial charge on any atom is 0.494 e. The zero-order valence-electron chi connectivity index (χ0n) is 21.6. The first-order chi connectivity index (χ1) is 16.6. The van der Waals surface area contributed by atoms with Crippen molar-refractivity contribution in [3.05, 3.63) is 23.8 Å². The summed E-state index contributed by atoms with van der Waals surface area (Å²) >= 11 is 0. The van der Waals surface area contributed by atoms with Crippen molar-refractivity contribution in [3.63, 3.8) is 0 Å². The summed E-state index contributed by atoms with van der Waals surface area (Å²) in [6.45, 7) is 11.7. The summed E-state index contributed by atoms with van der Waals surface area (Å²) in [5, 5.41) is 3.44. The summed E-state index contributed by atoms with van der Waals surface area (Å²) in [6.07, 6.45) is 4.24. The topological polar surface area (TPSA) is 54.0 Å². The lowest BCUT2D eigenvalue weighted by Gasteiger charge is -2.48. The molecule has 0 aromatic heterocycles. The monoisotopic (exact) mass is 483 g/mol. The fourth-order valence-electron chi connectivity index (χ4n) is 6.73. The van der Waals surface area contributed by atoms with E-state index in [9.17, 15) is 9.18 Å². The molecule has 1 spiro atoms. The number of hydrogen-bond acceptors (Lipinski definition) is 5. The fourth-order valence-corrected chi connectivity index (χ4v) is 6.73. The molecule has 4 aliphatic heterocycles. The van der Waals surface area contributed by atoms with Crippen molar-refractivity contribution in [1.82, 2.24) is 10.2 Å². The van der Waals surface area contributed by atoms with Gasteiger partial charge in [-0.1, -0.05) is 12.1 Å². The molecule has 5 aliphatic rings. The summed E-state index contributed by atoms with van der Waals surface area (Å²) in [4.78, 5) is 18.7. The van der Waals surface area contributed by atoms with E-state index in [-0.39, 0.29) is 11.9 Å². The van der Waals surface area contributed by atoms with E-state index in [0.717, 1.165) is 63.0 Å². The number of likely N-dealkylation sites (tertiary alicyclic amines) is 1. The number of anilines is 1. The number of halogens is 1. The van der Waals surface area contributed by atoms with E-state index >= 15 is 0 Å². The molecule has 1 saturated carbocycles. The molecule has 4 fully saturated rings. The minimum absolute atomic E-state index is 0.206. The van der Waals surface area contributed by atoms with Crippen LogP contribution in [0.25, 0.3) is 0 Å². The van der Waals surface area contributed by atoms with E-state index in [2.05, 4.69) is 61.0 Å². The van der Waals surface area contributed by atoms with E-state index in [0.29, 0.717) is 18.9 Å². The molecule has 0 radical (unpaired) electrons. The highest BCUT2D eigenvalue weighted by Gasteiger charge is 2.56. The minimum Gasteiger partial charge on any atom is -0.399 e. The molecule has 0 atom stereocenters. The predicted molar refractivity (Wildman–Crippen MR) is 136 cm³/mol. The number of carbonyl (C=O) groups is 1. The standard InChI is InChI=1S/C27H39BFN3O3/c1-25(2)26(3,4)35-28(34-25)18-5-6-22-23(15-18)32(24(33)27(22)9-11-30-12-10-27)21-16-20(17-21)31-13-7-19(29)8-14-31/h5-6,15,19-21,30H,7-14,16-17H2,1-4H3. The van der Waals surface area contributed by atoms with E-state index in [4.69, 9.17) is 9.31 Å². The highest BCUT2D eigenvalue weighted by atomic mass is 19.1. The largest absolute Gasteiger partial charge is 0.494 e. The number of hydrogen-bond donors (Lipinski definition) is 1. The molecule has 35 heavy (non-hydrogen) atoms. The SMILES string of the molecule is CC1(C)OB(c2ccc3c(c2)N(C2CC(N4CCC(F)CC4)C2)C(=O)C32CCNCC2)OC1(C)C. The maximum atomic E-state index is 14.1. The van der Waals surface area contributed by atoms with Crippen LogP contribution in [-0.2, 0) is 19.5 Å². The van der Waals surface area contributed by atoms with Crippen LogP contribution in [0.1, 0.15) is 71.8 Å². The van der Waals surface area contributed by atoms with Crippen LogP contribution in [0.3, 0.4) is 0 Å². The quantitative estimate of drug-likeness (QED) is 0.671. The van der Waals surface area contributed by atoms with Gasteiger partial charge in [-0.25, -0.2) is 4.39 Å². The minimum atomic E-state index is -0.651. The third kappa shape index (κ3) is 3.70. The molecular formula is C27H39BFN3O3. The Morgan fingerprint density at radius 3 is 2.26 bits per heavy atom. The number of nitrogens with zero attached hydrogens (tertiary/aromatic N) is 2. The maximum absolute atomic E-state index is 14.1. The second kappa shape index (κ2) is 8.27. The number of fused-ring (bicyclic) bond motifs is 2. The molecule has 0 bridgehead atoms. The van der Waals surface area contributed by atoms with Gasteiger partial charge in [0.25, 0.3) is 0 Å². The van der Waals surface area contributed by atoms with E-state index in [1.165, 1.54) is 5.56 Å². The second-order valence-electron chi connectivity index (χ2n) is 12.4. The molecule has 1 amide bonds. The van der Waals surface area contributed by atoms with Crippen LogP contribution < -0.4 is 15.7 Å². The molecule has 1 N–H and O–H groups in total. The van der Waals surface area contributed by atoms with Gasteiger partial charge in [0.15, 0.2) is 0 Å². The molecular weight excluding hydrogens is 444 g/mol. The van der Waals surface area contributed by atoms with Crippen molar-refractivity contribution in [2.75, 3.05) is 31.1 Å².